The van der Waals surface area contributed by atoms with E-state index < -0.39 is 0 Å². The summed E-state index contributed by atoms with van der Waals surface area (Å²) in [5.41, 5.74) is 2.22. The maximum Gasteiger partial charge on any atom is 0.188 e. The van der Waals surface area contributed by atoms with Gasteiger partial charge in [0, 0.05) is 30.4 Å². The Kier molecular flexibility index (Phi) is 5.99. The molecule has 3 rings (SSSR count). The van der Waals surface area contributed by atoms with Crippen LogP contribution < -0.4 is 15.3 Å². The van der Waals surface area contributed by atoms with Crippen LogP contribution in [-0.4, -0.2) is 24.8 Å². The fraction of sp³-hybridized carbons (Fsp3) is 0.150. The van der Waals surface area contributed by atoms with Crippen LogP contribution in [0.25, 0.3) is 0 Å². The number of benzene rings is 2. The Morgan fingerprint density at radius 2 is 1.76 bits per heavy atom. The van der Waals surface area contributed by atoms with E-state index in [4.69, 9.17) is 9.47 Å². The second-order valence-corrected chi connectivity index (χ2v) is 6.85. The van der Waals surface area contributed by atoms with E-state index in [0.29, 0.717) is 8.58 Å². The van der Waals surface area contributed by atoms with Crippen molar-refractivity contribution in [2.24, 2.45) is 5.10 Å². The van der Waals surface area contributed by atoms with Gasteiger partial charge in [-0.1, -0.05) is 51.0 Å². The summed E-state index contributed by atoms with van der Waals surface area (Å²) in [6.07, 6.45) is 5.73. The summed E-state index contributed by atoms with van der Waals surface area (Å²) in [5, 5.41) is 6.87. The molecule has 0 saturated heterocycles. The van der Waals surface area contributed by atoms with Crippen LogP contribution in [0.15, 0.2) is 72.1 Å². The molecular weight excluding hydrogens is 331 g/mol. The molecule has 0 amide bonds. The number of rotatable bonds is 7. The zero-order chi connectivity index (χ0) is 17.5. The molecule has 3 aromatic rings. The van der Waals surface area contributed by atoms with Crippen LogP contribution >= 0.6 is 8.58 Å². The Morgan fingerprint density at radius 3 is 2.56 bits per heavy atom. The van der Waals surface area contributed by atoms with Crippen LogP contribution in [0.4, 0.5) is 0 Å². The highest BCUT2D eigenvalue weighted by Crippen LogP contribution is 2.24. The largest absolute Gasteiger partial charge is 0.467 e. The molecule has 0 bridgehead atoms. The average Bonchev–Trinajstić information content (AvgIpc) is 3.14. The van der Waals surface area contributed by atoms with Gasteiger partial charge in [0.2, 0.25) is 0 Å². The van der Waals surface area contributed by atoms with Gasteiger partial charge in [0.05, 0.1) is 6.21 Å². The lowest BCUT2D eigenvalue weighted by atomic mass is 10.2. The molecule has 4 nitrogen and oxygen atoms in total. The molecule has 0 spiro atoms. The first-order chi connectivity index (χ1) is 12.3. The molecule has 2 aromatic carbocycles. The quantitative estimate of drug-likeness (QED) is 0.372. The number of aromatic nitrogens is 1. The van der Waals surface area contributed by atoms with Gasteiger partial charge in [-0.3, -0.25) is 0 Å². The van der Waals surface area contributed by atoms with Crippen LogP contribution in [0.5, 0.6) is 5.75 Å². The predicted octanol–water partition coefficient (Wildman–Crippen LogP) is 3.29. The number of hydrogen-bond acceptors (Lipinski definition) is 3. The van der Waals surface area contributed by atoms with Crippen LogP contribution in [-0.2, 0) is 4.74 Å². The van der Waals surface area contributed by atoms with Crippen LogP contribution in [0, 0.1) is 6.92 Å². The zero-order valence-electron chi connectivity index (χ0n) is 14.3. The normalized spacial score (nSPS) is 11.6. The second kappa shape index (κ2) is 8.61. The van der Waals surface area contributed by atoms with Crippen molar-refractivity contribution in [2.75, 3.05) is 13.9 Å². The summed E-state index contributed by atoms with van der Waals surface area (Å²) < 4.78 is 12.7. The fourth-order valence-electron chi connectivity index (χ4n) is 2.46. The van der Waals surface area contributed by atoms with E-state index >= 15 is 0 Å². The summed E-state index contributed by atoms with van der Waals surface area (Å²) in [6, 6.07) is 18.4. The lowest BCUT2D eigenvalue weighted by Crippen LogP contribution is -2.13. The first kappa shape index (κ1) is 17.4. The highest BCUT2D eigenvalue weighted by atomic mass is 31.1. The molecule has 0 aliphatic rings. The standard InChI is InChI=1S/C20H21N2O2P/c1-16-8-7-11-19(20(16)24-15-23-2)25-18-10-4-3-9-17(18)14-21-22-12-5-6-13-22/h3-14,25H,15H2,1-2H3/b21-14-. The molecule has 0 aliphatic carbocycles. The first-order valence-electron chi connectivity index (χ1n) is 8.02. The zero-order valence-corrected chi connectivity index (χ0v) is 15.3. The molecule has 1 heterocycles. The van der Waals surface area contributed by atoms with Crippen molar-refractivity contribution in [3.63, 3.8) is 0 Å². The minimum absolute atomic E-state index is 0.249. The number of ether oxygens (including phenoxy) is 2. The molecule has 0 radical (unpaired) electrons. The van der Waals surface area contributed by atoms with E-state index in [2.05, 4.69) is 48.4 Å². The van der Waals surface area contributed by atoms with Crippen molar-refractivity contribution in [1.29, 1.82) is 0 Å². The monoisotopic (exact) mass is 352 g/mol. The molecular formula is C20H21N2O2P. The molecule has 1 unspecified atom stereocenters. The van der Waals surface area contributed by atoms with Gasteiger partial charge in [0.15, 0.2) is 6.79 Å². The van der Waals surface area contributed by atoms with E-state index in [0.717, 1.165) is 16.9 Å². The van der Waals surface area contributed by atoms with Crippen LogP contribution in [0.2, 0.25) is 0 Å². The van der Waals surface area contributed by atoms with Crippen molar-refractivity contribution >= 4 is 25.4 Å². The number of methoxy groups -OCH3 is 1. The number of para-hydroxylation sites is 1. The summed E-state index contributed by atoms with van der Waals surface area (Å²) >= 11 is 0. The average molecular weight is 352 g/mol. The molecule has 0 aliphatic heterocycles. The summed E-state index contributed by atoms with van der Waals surface area (Å²) in [6.45, 7) is 2.30. The smallest absolute Gasteiger partial charge is 0.188 e. The first-order valence-corrected chi connectivity index (χ1v) is 9.02. The number of nitrogens with zero attached hydrogens (tertiary/aromatic N) is 2. The van der Waals surface area contributed by atoms with E-state index in [1.807, 2.05) is 36.8 Å². The van der Waals surface area contributed by atoms with Crippen molar-refractivity contribution in [3.8, 4) is 5.75 Å². The minimum atomic E-state index is 0.249. The Balaban J connectivity index is 1.88. The van der Waals surface area contributed by atoms with Gasteiger partial charge in [-0.2, -0.15) is 5.10 Å². The summed E-state index contributed by atoms with van der Waals surface area (Å²) in [5.74, 6) is 0.903. The van der Waals surface area contributed by atoms with Gasteiger partial charge in [-0.25, -0.2) is 4.68 Å². The third-order valence-corrected chi connectivity index (χ3v) is 5.07. The third-order valence-electron chi connectivity index (χ3n) is 3.68. The lowest BCUT2D eigenvalue weighted by Gasteiger charge is -2.14. The second-order valence-electron chi connectivity index (χ2n) is 5.52. The summed E-state index contributed by atoms with van der Waals surface area (Å²) in [4.78, 5) is 0. The topological polar surface area (TPSA) is 35.8 Å². The molecule has 0 N–H and O–H groups in total. The van der Waals surface area contributed by atoms with E-state index in [1.54, 1.807) is 11.8 Å². The third kappa shape index (κ3) is 4.56. The van der Waals surface area contributed by atoms with Gasteiger partial charge < -0.3 is 9.47 Å². The van der Waals surface area contributed by atoms with Gasteiger partial charge in [0.25, 0.3) is 0 Å². The molecule has 1 atom stereocenters. The number of hydrogen-bond donors (Lipinski definition) is 0. The molecule has 128 valence electrons. The predicted molar refractivity (Wildman–Crippen MR) is 105 cm³/mol. The van der Waals surface area contributed by atoms with Crippen LogP contribution in [0.1, 0.15) is 11.1 Å². The van der Waals surface area contributed by atoms with Gasteiger partial charge >= 0.3 is 0 Å². The van der Waals surface area contributed by atoms with E-state index in [9.17, 15) is 0 Å². The fourth-order valence-corrected chi connectivity index (χ4v) is 3.78. The molecule has 0 fully saturated rings. The molecule has 25 heavy (non-hydrogen) atoms. The van der Waals surface area contributed by atoms with Gasteiger partial charge in [-0.05, 0) is 29.9 Å². The SMILES string of the molecule is COCOc1c(C)cccc1Pc1ccccc1/C=N\n1cccc1. The van der Waals surface area contributed by atoms with Gasteiger partial charge in [0.1, 0.15) is 5.75 Å². The van der Waals surface area contributed by atoms with Crippen molar-refractivity contribution < 1.29 is 9.47 Å². The molecule has 5 heteroatoms. The highest BCUT2D eigenvalue weighted by molar-refractivity contribution is 7.56. The Hall–Kier alpha value is -2.42. The van der Waals surface area contributed by atoms with Crippen molar-refractivity contribution in [3.05, 3.63) is 78.1 Å². The Morgan fingerprint density at radius 1 is 1.00 bits per heavy atom. The van der Waals surface area contributed by atoms with E-state index in [-0.39, 0.29) is 6.79 Å². The molecule has 0 saturated carbocycles. The molecule has 1 aromatic heterocycles. The Bertz CT molecular complexity index is 845. The lowest BCUT2D eigenvalue weighted by molar-refractivity contribution is 0.0514. The number of aryl methyl sites for hydroxylation is 1. The van der Waals surface area contributed by atoms with E-state index in [1.165, 1.54) is 10.6 Å². The van der Waals surface area contributed by atoms with Gasteiger partial charge in [-0.15, -0.1) is 0 Å². The van der Waals surface area contributed by atoms with Crippen LogP contribution in [0.3, 0.4) is 0 Å². The Labute approximate surface area is 149 Å². The minimum Gasteiger partial charge on any atom is -0.467 e. The highest BCUT2D eigenvalue weighted by Gasteiger charge is 2.09. The summed E-state index contributed by atoms with van der Waals surface area (Å²) in [7, 11) is 2.11. The maximum atomic E-state index is 5.80. The van der Waals surface area contributed by atoms with Crippen molar-refractivity contribution in [1.82, 2.24) is 4.68 Å². The van der Waals surface area contributed by atoms with Crippen molar-refractivity contribution in [2.45, 2.75) is 6.92 Å². The maximum absolute atomic E-state index is 5.80.